The number of unbranched alkanes of at least 4 members (excludes halogenated alkanes) is 6. The van der Waals surface area contributed by atoms with E-state index in [0.29, 0.717) is 0 Å². The number of rotatable bonds is 10. The predicted molar refractivity (Wildman–Crippen MR) is 75.8 cm³/mol. The summed E-state index contributed by atoms with van der Waals surface area (Å²) < 4.78 is 0. The van der Waals surface area contributed by atoms with Gasteiger partial charge < -0.3 is 0 Å². The van der Waals surface area contributed by atoms with E-state index in [0.717, 1.165) is 6.42 Å². The lowest BCUT2D eigenvalue weighted by atomic mass is 10.1. The topological polar surface area (TPSA) is 0 Å². The largest absolute Gasteiger partial charge is 0.0848 e. The quantitative estimate of drug-likeness (QED) is 0.312. The molecule has 0 atom stereocenters. The summed E-state index contributed by atoms with van der Waals surface area (Å²) in [4.78, 5) is 0. The first-order valence-electron chi connectivity index (χ1n) is 7.13. The molecule has 0 unspecified atom stereocenters. The van der Waals surface area contributed by atoms with Crippen LogP contribution < -0.4 is 0 Å². The Morgan fingerprint density at radius 1 is 0.875 bits per heavy atom. The molecule has 0 saturated carbocycles. The molecule has 0 rings (SSSR count). The van der Waals surface area contributed by atoms with Crippen molar-refractivity contribution in [1.82, 2.24) is 0 Å². The Hall–Kier alpha value is -0.520. The standard InChI is InChI=1S/C16H30/c1-4-6-8-9-10-11-13-15-16(3)14-12-7-5-2/h7,12,14H,4-6,8-11,13,15H2,1-3H3/b12-7-,16-14-. The van der Waals surface area contributed by atoms with E-state index in [-0.39, 0.29) is 0 Å². The second kappa shape index (κ2) is 12.5. The molecule has 0 aliphatic rings. The lowest BCUT2D eigenvalue weighted by molar-refractivity contribution is 0.588. The summed E-state index contributed by atoms with van der Waals surface area (Å²) in [6, 6.07) is 0. The van der Waals surface area contributed by atoms with Crippen molar-refractivity contribution in [2.75, 3.05) is 0 Å². The van der Waals surface area contributed by atoms with Crippen LogP contribution in [0.3, 0.4) is 0 Å². The van der Waals surface area contributed by atoms with Gasteiger partial charge in [0.2, 0.25) is 0 Å². The maximum atomic E-state index is 2.28. The van der Waals surface area contributed by atoms with Gasteiger partial charge in [-0.25, -0.2) is 0 Å². The fraction of sp³-hybridized carbons (Fsp3) is 0.750. The highest BCUT2D eigenvalue weighted by Crippen LogP contribution is 2.12. The van der Waals surface area contributed by atoms with E-state index in [2.05, 4.69) is 39.0 Å². The van der Waals surface area contributed by atoms with Crippen LogP contribution in [0.2, 0.25) is 0 Å². The normalized spacial score (nSPS) is 12.6. The van der Waals surface area contributed by atoms with Crippen LogP contribution in [-0.4, -0.2) is 0 Å². The van der Waals surface area contributed by atoms with Crippen LogP contribution in [0.5, 0.6) is 0 Å². The SMILES string of the molecule is CC/C=C\C=C(\C)CCCCCCCCC. The van der Waals surface area contributed by atoms with Crippen LogP contribution in [0.1, 0.15) is 78.6 Å². The van der Waals surface area contributed by atoms with Gasteiger partial charge in [-0.15, -0.1) is 0 Å². The molecule has 0 aromatic heterocycles. The zero-order valence-corrected chi connectivity index (χ0v) is 11.6. The zero-order chi connectivity index (χ0) is 12.1. The van der Waals surface area contributed by atoms with Gasteiger partial charge in [0.05, 0.1) is 0 Å². The van der Waals surface area contributed by atoms with Crippen molar-refractivity contribution in [3.8, 4) is 0 Å². The van der Waals surface area contributed by atoms with E-state index >= 15 is 0 Å². The Morgan fingerprint density at radius 3 is 2.12 bits per heavy atom. The summed E-state index contributed by atoms with van der Waals surface area (Å²) in [6.07, 6.45) is 18.9. The molecule has 16 heavy (non-hydrogen) atoms. The lowest BCUT2D eigenvalue weighted by Crippen LogP contribution is -1.81. The molecule has 0 heteroatoms. The first-order valence-corrected chi connectivity index (χ1v) is 7.13. The van der Waals surface area contributed by atoms with E-state index in [4.69, 9.17) is 0 Å². The number of hydrogen-bond donors (Lipinski definition) is 0. The van der Waals surface area contributed by atoms with Crippen molar-refractivity contribution < 1.29 is 0 Å². The monoisotopic (exact) mass is 222 g/mol. The summed E-state index contributed by atoms with van der Waals surface area (Å²) >= 11 is 0. The third-order valence-electron chi connectivity index (χ3n) is 2.93. The van der Waals surface area contributed by atoms with Gasteiger partial charge in [0.15, 0.2) is 0 Å². The summed E-state index contributed by atoms with van der Waals surface area (Å²) in [5.74, 6) is 0. The average Bonchev–Trinajstić information content (AvgIpc) is 2.28. The fourth-order valence-electron chi connectivity index (χ4n) is 1.81. The predicted octanol–water partition coefficient (Wildman–Crippen LogP) is 6.04. The van der Waals surface area contributed by atoms with Crippen molar-refractivity contribution in [3.63, 3.8) is 0 Å². The molecule has 0 N–H and O–H groups in total. The molecule has 0 bridgehead atoms. The van der Waals surface area contributed by atoms with Crippen LogP contribution in [0, 0.1) is 0 Å². The number of hydrogen-bond acceptors (Lipinski definition) is 0. The Morgan fingerprint density at radius 2 is 1.50 bits per heavy atom. The molecule has 0 heterocycles. The average molecular weight is 222 g/mol. The third-order valence-corrected chi connectivity index (χ3v) is 2.93. The van der Waals surface area contributed by atoms with Crippen molar-refractivity contribution in [2.45, 2.75) is 78.6 Å². The van der Waals surface area contributed by atoms with E-state index in [1.807, 2.05) is 0 Å². The maximum absolute atomic E-state index is 2.28. The Labute approximate surface area is 103 Å². The highest BCUT2D eigenvalue weighted by atomic mass is 14.0. The van der Waals surface area contributed by atoms with E-state index in [1.54, 1.807) is 0 Å². The molecule has 0 fully saturated rings. The Kier molecular flexibility index (Phi) is 12.1. The third kappa shape index (κ3) is 11.6. The van der Waals surface area contributed by atoms with Gasteiger partial charge in [-0.2, -0.15) is 0 Å². The van der Waals surface area contributed by atoms with E-state index in [9.17, 15) is 0 Å². The van der Waals surface area contributed by atoms with Gasteiger partial charge in [0.1, 0.15) is 0 Å². The Bertz CT molecular complexity index is 186. The highest BCUT2D eigenvalue weighted by molar-refractivity contribution is 5.10. The smallest absolute Gasteiger partial charge is 0.0320 e. The van der Waals surface area contributed by atoms with Gasteiger partial charge in [-0.1, -0.05) is 76.2 Å². The summed E-state index contributed by atoms with van der Waals surface area (Å²) in [6.45, 7) is 6.70. The number of allylic oxidation sites excluding steroid dienone is 4. The minimum atomic E-state index is 1.14. The first kappa shape index (κ1) is 15.5. The van der Waals surface area contributed by atoms with Crippen LogP contribution in [0.15, 0.2) is 23.8 Å². The van der Waals surface area contributed by atoms with Crippen LogP contribution in [0.4, 0.5) is 0 Å². The van der Waals surface area contributed by atoms with E-state index < -0.39 is 0 Å². The molecule has 0 aromatic rings. The van der Waals surface area contributed by atoms with E-state index in [1.165, 1.54) is 56.9 Å². The molecule has 0 radical (unpaired) electrons. The van der Waals surface area contributed by atoms with Gasteiger partial charge in [-0.05, 0) is 26.2 Å². The minimum Gasteiger partial charge on any atom is -0.0848 e. The molecule has 0 aliphatic carbocycles. The zero-order valence-electron chi connectivity index (χ0n) is 11.6. The molecule has 0 saturated heterocycles. The van der Waals surface area contributed by atoms with Crippen LogP contribution in [-0.2, 0) is 0 Å². The molecule has 0 aromatic carbocycles. The highest BCUT2D eigenvalue weighted by Gasteiger charge is 1.92. The van der Waals surface area contributed by atoms with Crippen LogP contribution in [0.25, 0.3) is 0 Å². The van der Waals surface area contributed by atoms with Crippen molar-refractivity contribution in [2.24, 2.45) is 0 Å². The first-order chi connectivity index (χ1) is 7.81. The maximum Gasteiger partial charge on any atom is -0.0320 e. The summed E-state index contributed by atoms with van der Waals surface area (Å²) in [7, 11) is 0. The van der Waals surface area contributed by atoms with Crippen LogP contribution >= 0.6 is 0 Å². The molecule has 0 amide bonds. The lowest BCUT2D eigenvalue weighted by Gasteiger charge is -2.01. The Balaban J connectivity index is 3.30. The van der Waals surface area contributed by atoms with Gasteiger partial charge in [-0.3, -0.25) is 0 Å². The van der Waals surface area contributed by atoms with Crippen molar-refractivity contribution in [1.29, 1.82) is 0 Å². The van der Waals surface area contributed by atoms with Crippen molar-refractivity contribution >= 4 is 0 Å². The van der Waals surface area contributed by atoms with Gasteiger partial charge in [0.25, 0.3) is 0 Å². The van der Waals surface area contributed by atoms with Gasteiger partial charge in [0, 0.05) is 0 Å². The fourth-order valence-corrected chi connectivity index (χ4v) is 1.81. The second-order valence-corrected chi connectivity index (χ2v) is 4.72. The molecule has 0 spiro atoms. The molecular weight excluding hydrogens is 192 g/mol. The summed E-state index contributed by atoms with van der Waals surface area (Å²) in [5, 5.41) is 0. The molecule has 0 aliphatic heterocycles. The van der Waals surface area contributed by atoms with Crippen molar-refractivity contribution in [3.05, 3.63) is 23.8 Å². The molecule has 94 valence electrons. The second-order valence-electron chi connectivity index (χ2n) is 4.72. The minimum absolute atomic E-state index is 1.14. The van der Waals surface area contributed by atoms with Gasteiger partial charge >= 0.3 is 0 Å². The molecular formula is C16H30. The molecule has 0 nitrogen and oxygen atoms in total. The summed E-state index contributed by atoms with van der Waals surface area (Å²) in [5.41, 5.74) is 1.53.